The molecule has 29 heavy (non-hydrogen) atoms. The van der Waals surface area contributed by atoms with Crippen molar-refractivity contribution in [2.45, 2.75) is 50.6 Å². The average molecular weight is 392 g/mol. The highest BCUT2D eigenvalue weighted by molar-refractivity contribution is 5.91. The lowest BCUT2D eigenvalue weighted by Crippen LogP contribution is -2.49. The van der Waals surface area contributed by atoms with Crippen LogP contribution in [0.3, 0.4) is 0 Å². The van der Waals surface area contributed by atoms with Crippen molar-refractivity contribution >= 4 is 11.8 Å². The van der Waals surface area contributed by atoms with Crippen molar-refractivity contribution in [3.63, 3.8) is 0 Å². The molecule has 152 valence electrons. The van der Waals surface area contributed by atoms with Crippen LogP contribution in [0, 0.1) is 0 Å². The van der Waals surface area contributed by atoms with Gasteiger partial charge in [0.05, 0.1) is 0 Å². The molecule has 5 heteroatoms. The van der Waals surface area contributed by atoms with E-state index >= 15 is 0 Å². The number of amides is 2. The van der Waals surface area contributed by atoms with Crippen molar-refractivity contribution in [1.29, 1.82) is 0 Å². The van der Waals surface area contributed by atoms with Gasteiger partial charge in [-0.15, -0.1) is 0 Å². The Morgan fingerprint density at radius 3 is 2.52 bits per heavy atom. The first-order valence-corrected chi connectivity index (χ1v) is 10.6. The van der Waals surface area contributed by atoms with Crippen molar-refractivity contribution in [3.05, 3.63) is 65.7 Å². The zero-order valence-corrected chi connectivity index (χ0v) is 16.7. The Morgan fingerprint density at radius 2 is 1.72 bits per heavy atom. The third kappa shape index (κ3) is 4.44. The molecule has 0 bridgehead atoms. The SMILES string of the molecule is O=C(NCCc1ccccc1)C1c2ccccc2OCC(=O)N1C1CCCCC1. The maximum Gasteiger partial charge on any atom is 0.261 e. The van der Waals surface area contributed by atoms with Gasteiger partial charge in [0.25, 0.3) is 5.91 Å². The summed E-state index contributed by atoms with van der Waals surface area (Å²) in [6.45, 7) is 0.524. The van der Waals surface area contributed by atoms with Gasteiger partial charge in [0.1, 0.15) is 11.8 Å². The fourth-order valence-corrected chi connectivity index (χ4v) is 4.46. The summed E-state index contributed by atoms with van der Waals surface area (Å²) < 4.78 is 5.76. The number of hydrogen-bond donors (Lipinski definition) is 1. The molecule has 2 aromatic carbocycles. The second-order valence-electron chi connectivity index (χ2n) is 7.85. The zero-order valence-electron chi connectivity index (χ0n) is 16.7. The van der Waals surface area contributed by atoms with Gasteiger partial charge in [0, 0.05) is 18.2 Å². The molecule has 1 N–H and O–H groups in total. The molecule has 1 fully saturated rings. The van der Waals surface area contributed by atoms with E-state index in [9.17, 15) is 9.59 Å². The quantitative estimate of drug-likeness (QED) is 0.845. The number of benzene rings is 2. The molecule has 0 saturated heterocycles. The molecule has 0 spiro atoms. The summed E-state index contributed by atoms with van der Waals surface area (Å²) in [5, 5.41) is 3.07. The van der Waals surface area contributed by atoms with Gasteiger partial charge >= 0.3 is 0 Å². The second-order valence-corrected chi connectivity index (χ2v) is 7.85. The zero-order chi connectivity index (χ0) is 20.1. The monoisotopic (exact) mass is 392 g/mol. The molecule has 1 saturated carbocycles. The Morgan fingerprint density at radius 1 is 1.00 bits per heavy atom. The van der Waals surface area contributed by atoms with Gasteiger partial charge in [0.2, 0.25) is 5.91 Å². The van der Waals surface area contributed by atoms with E-state index in [4.69, 9.17) is 4.74 Å². The lowest BCUT2D eigenvalue weighted by molar-refractivity contribution is -0.144. The maximum atomic E-state index is 13.3. The first-order valence-electron chi connectivity index (χ1n) is 10.6. The van der Waals surface area contributed by atoms with Crippen LogP contribution in [0.25, 0.3) is 0 Å². The van der Waals surface area contributed by atoms with Gasteiger partial charge in [-0.25, -0.2) is 0 Å². The summed E-state index contributed by atoms with van der Waals surface area (Å²) in [5.41, 5.74) is 1.96. The first kappa shape index (κ1) is 19.5. The average Bonchev–Trinajstić information content (AvgIpc) is 2.92. The Kier molecular flexibility index (Phi) is 6.13. The number of carbonyl (C=O) groups is 2. The minimum atomic E-state index is -0.639. The molecule has 2 aromatic rings. The Hall–Kier alpha value is -2.82. The van der Waals surface area contributed by atoms with Gasteiger partial charge in [-0.1, -0.05) is 67.8 Å². The molecule has 4 rings (SSSR count). The van der Waals surface area contributed by atoms with Crippen LogP contribution in [-0.2, 0) is 16.0 Å². The smallest absolute Gasteiger partial charge is 0.261 e. The van der Waals surface area contributed by atoms with E-state index in [0.717, 1.165) is 37.7 Å². The van der Waals surface area contributed by atoms with E-state index < -0.39 is 6.04 Å². The van der Waals surface area contributed by atoms with E-state index in [-0.39, 0.29) is 24.5 Å². The highest BCUT2D eigenvalue weighted by Crippen LogP contribution is 2.37. The number of para-hydroxylation sites is 1. The van der Waals surface area contributed by atoms with E-state index in [1.165, 1.54) is 12.0 Å². The van der Waals surface area contributed by atoms with Crippen molar-refractivity contribution in [3.8, 4) is 5.75 Å². The van der Waals surface area contributed by atoms with E-state index in [1.807, 2.05) is 47.4 Å². The van der Waals surface area contributed by atoms with Gasteiger partial charge in [-0.3, -0.25) is 9.59 Å². The topological polar surface area (TPSA) is 58.6 Å². The molecule has 0 radical (unpaired) electrons. The molecule has 1 atom stereocenters. The summed E-state index contributed by atoms with van der Waals surface area (Å²) in [5.74, 6) is 0.400. The molecular weight excluding hydrogens is 364 g/mol. The van der Waals surface area contributed by atoms with Crippen LogP contribution in [0.15, 0.2) is 54.6 Å². The number of ether oxygens (including phenoxy) is 1. The lowest BCUT2D eigenvalue weighted by atomic mass is 9.91. The van der Waals surface area contributed by atoms with Crippen molar-refractivity contribution in [2.75, 3.05) is 13.2 Å². The van der Waals surface area contributed by atoms with Gasteiger partial charge in [0.15, 0.2) is 6.61 Å². The Balaban J connectivity index is 1.57. The van der Waals surface area contributed by atoms with Crippen molar-refractivity contribution in [1.82, 2.24) is 10.2 Å². The number of rotatable bonds is 5. The Labute approximate surface area is 172 Å². The third-order valence-electron chi connectivity index (χ3n) is 5.90. The highest BCUT2D eigenvalue weighted by atomic mass is 16.5. The summed E-state index contributed by atoms with van der Waals surface area (Å²) in [4.78, 5) is 28.2. The number of nitrogens with one attached hydrogen (secondary N) is 1. The maximum absolute atomic E-state index is 13.3. The van der Waals surface area contributed by atoms with Crippen LogP contribution in [0.5, 0.6) is 5.75 Å². The van der Waals surface area contributed by atoms with E-state index in [1.54, 1.807) is 0 Å². The molecule has 1 heterocycles. The standard InChI is InChI=1S/C24H28N2O3/c27-22-17-29-21-14-8-7-13-20(21)23(26(22)19-11-5-2-6-12-19)24(28)25-16-15-18-9-3-1-4-10-18/h1,3-4,7-10,13-14,19,23H,2,5-6,11-12,15-17H2,(H,25,28). The summed E-state index contributed by atoms with van der Waals surface area (Å²) in [7, 11) is 0. The molecular formula is C24H28N2O3. The van der Waals surface area contributed by atoms with Crippen LogP contribution in [-0.4, -0.2) is 35.9 Å². The highest BCUT2D eigenvalue weighted by Gasteiger charge is 2.40. The molecule has 2 amide bonds. The third-order valence-corrected chi connectivity index (χ3v) is 5.90. The number of nitrogens with zero attached hydrogens (tertiary/aromatic N) is 1. The van der Waals surface area contributed by atoms with Crippen LogP contribution in [0.4, 0.5) is 0 Å². The minimum absolute atomic E-state index is 0.0126. The largest absolute Gasteiger partial charge is 0.483 e. The van der Waals surface area contributed by atoms with Crippen LogP contribution < -0.4 is 10.1 Å². The molecule has 2 aliphatic rings. The predicted octanol–water partition coefficient (Wildman–Crippen LogP) is 3.64. The van der Waals surface area contributed by atoms with Crippen molar-refractivity contribution in [2.24, 2.45) is 0 Å². The second kappa shape index (κ2) is 9.12. The summed E-state index contributed by atoms with van der Waals surface area (Å²) >= 11 is 0. The normalized spacial score (nSPS) is 19.8. The summed E-state index contributed by atoms with van der Waals surface area (Å²) in [6.07, 6.45) is 6.04. The first-order chi connectivity index (χ1) is 14.2. The van der Waals surface area contributed by atoms with Crippen LogP contribution >= 0.6 is 0 Å². The van der Waals surface area contributed by atoms with Gasteiger partial charge < -0.3 is 15.0 Å². The number of fused-ring (bicyclic) bond motifs is 1. The molecule has 0 aromatic heterocycles. The molecule has 1 aliphatic carbocycles. The minimum Gasteiger partial charge on any atom is -0.483 e. The molecule has 1 unspecified atom stereocenters. The van der Waals surface area contributed by atoms with Gasteiger partial charge in [-0.05, 0) is 30.9 Å². The van der Waals surface area contributed by atoms with Crippen molar-refractivity contribution < 1.29 is 14.3 Å². The fourth-order valence-electron chi connectivity index (χ4n) is 4.46. The molecule has 1 aliphatic heterocycles. The van der Waals surface area contributed by atoms with E-state index in [0.29, 0.717) is 12.3 Å². The summed E-state index contributed by atoms with van der Waals surface area (Å²) in [6, 6.07) is 17.1. The fraction of sp³-hybridized carbons (Fsp3) is 0.417. The predicted molar refractivity (Wildman–Crippen MR) is 112 cm³/mol. The van der Waals surface area contributed by atoms with Crippen LogP contribution in [0.1, 0.15) is 49.3 Å². The number of hydrogen-bond acceptors (Lipinski definition) is 3. The van der Waals surface area contributed by atoms with E-state index in [2.05, 4.69) is 17.4 Å². The molecule has 5 nitrogen and oxygen atoms in total. The Bertz CT molecular complexity index is 846. The van der Waals surface area contributed by atoms with Crippen LogP contribution in [0.2, 0.25) is 0 Å². The number of carbonyl (C=O) groups excluding carboxylic acids is 2. The van der Waals surface area contributed by atoms with Gasteiger partial charge in [-0.2, -0.15) is 0 Å². The lowest BCUT2D eigenvalue weighted by Gasteiger charge is -2.38.